The molecule has 0 aliphatic carbocycles. The average molecular weight is 326 g/mol. The summed E-state index contributed by atoms with van der Waals surface area (Å²) < 4.78 is 0.866. The third kappa shape index (κ3) is 3.28. The van der Waals surface area contributed by atoms with Gasteiger partial charge in [-0.15, -0.1) is 0 Å². The van der Waals surface area contributed by atoms with Crippen molar-refractivity contribution in [1.82, 2.24) is 0 Å². The summed E-state index contributed by atoms with van der Waals surface area (Å²) in [6, 6.07) is 6.47. The van der Waals surface area contributed by atoms with Crippen molar-refractivity contribution in [3.8, 4) is 0 Å². The van der Waals surface area contributed by atoms with E-state index in [1.807, 2.05) is 18.2 Å². The maximum absolute atomic E-state index is 8.96. The Morgan fingerprint density at radius 2 is 2.32 bits per heavy atom. The topological polar surface area (TPSA) is 73.3 Å². The Balaban J connectivity index is 2.16. The predicted octanol–water partition coefficient (Wildman–Crippen LogP) is 2.47. The Labute approximate surface area is 122 Å². The van der Waals surface area contributed by atoms with Crippen molar-refractivity contribution in [3.63, 3.8) is 0 Å². The van der Waals surface area contributed by atoms with Crippen LogP contribution in [-0.4, -0.2) is 30.1 Å². The zero-order valence-electron chi connectivity index (χ0n) is 10.9. The molecule has 1 atom stereocenters. The number of nitrogens with two attached hydrogens (primary N) is 1. The SMILES string of the molecule is N=C(N)c1ccc(N2CCCC2CCCO)cc1Br. The van der Waals surface area contributed by atoms with Crippen LogP contribution in [0.1, 0.15) is 31.2 Å². The van der Waals surface area contributed by atoms with E-state index in [4.69, 9.17) is 16.2 Å². The number of benzene rings is 1. The Bertz CT molecular complexity index is 464. The number of aliphatic hydroxyl groups is 1. The number of anilines is 1. The third-order valence-corrected chi connectivity index (χ3v) is 4.30. The minimum atomic E-state index is 0.0803. The van der Waals surface area contributed by atoms with Crippen LogP contribution < -0.4 is 10.6 Å². The molecule has 0 spiro atoms. The monoisotopic (exact) mass is 325 g/mol. The first-order chi connectivity index (χ1) is 9.13. The number of aliphatic hydroxyl groups excluding tert-OH is 1. The van der Waals surface area contributed by atoms with Crippen LogP contribution in [0.4, 0.5) is 5.69 Å². The van der Waals surface area contributed by atoms with Gasteiger partial charge in [0, 0.05) is 34.9 Å². The van der Waals surface area contributed by atoms with Crippen LogP contribution >= 0.6 is 15.9 Å². The van der Waals surface area contributed by atoms with Crippen molar-refractivity contribution in [2.75, 3.05) is 18.1 Å². The number of hydrogen-bond donors (Lipinski definition) is 3. The summed E-state index contributed by atoms with van der Waals surface area (Å²) in [5.41, 5.74) is 7.42. The summed E-state index contributed by atoms with van der Waals surface area (Å²) in [5, 5.41) is 16.5. The van der Waals surface area contributed by atoms with Gasteiger partial charge < -0.3 is 15.7 Å². The van der Waals surface area contributed by atoms with Gasteiger partial charge in [-0.3, -0.25) is 5.41 Å². The maximum atomic E-state index is 8.96. The molecule has 19 heavy (non-hydrogen) atoms. The van der Waals surface area contributed by atoms with E-state index in [0.717, 1.165) is 35.1 Å². The molecule has 1 aliphatic rings. The van der Waals surface area contributed by atoms with Gasteiger partial charge in [-0.05, 0) is 59.8 Å². The van der Waals surface area contributed by atoms with Gasteiger partial charge in [-0.25, -0.2) is 0 Å². The molecule has 2 rings (SSSR count). The van der Waals surface area contributed by atoms with E-state index in [2.05, 4.69) is 20.8 Å². The molecular weight excluding hydrogens is 306 g/mol. The first kappa shape index (κ1) is 14.3. The highest BCUT2D eigenvalue weighted by atomic mass is 79.9. The lowest BCUT2D eigenvalue weighted by Gasteiger charge is -2.27. The van der Waals surface area contributed by atoms with E-state index in [1.165, 1.54) is 12.8 Å². The minimum absolute atomic E-state index is 0.0803. The highest BCUT2D eigenvalue weighted by Crippen LogP contribution is 2.31. The van der Waals surface area contributed by atoms with E-state index in [-0.39, 0.29) is 12.4 Å². The van der Waals surface area contributed by atoms with Crippen molar-refractivity contribution < 1.29 is 5.11 Å². The third-order valence-electron chi connectivity index (χ3n) is 3.65. The zero-order valence-corrected chi connectivity index (χ0v) is 12.5. The van der Waals surface area contributed by atoms with Crippen LogP contribution in [0.2, 0.25) is 0 Å². The first-order valence-corrected chi connectivity index (χ1v) is 7.44. The van der Waals surface area contributed by atoms with Crippen molar-refractivity contribution in [1.29, 1.82) is 5.41 Å². The second kappa shape index (κ2) is 6.39. The number of halogens is 1. The molecule has 0 aromatic heterocycles. The quantitative estimate of drug-likeness (QED) is 0.575. The van der Waals surface area contributed by atoms with Gasteiger partial charge in [0.25, 0.3) is 0 Å². The van der Waals surface area contributed by atoms with E-state index >= 15 is 0 Å². The van der Waals surface area contributed by atoms with Gasteiger partial charge in [0.2, 0.25) is 0 Å². The van der Waals surface area contributed by atoms with Crippen LogP contribution in [0.3, 0.4) is 0 Å². The molecule has 1 heterocycles. The number of amidine groups is 1. The van der Waals surface area contributed by atoms with E-state index < -0.39 is 0 Å². The molecular formula is C14H20BrN3O. The van der Waals surface area contributed by atoms with Crippen LogP contribution in [-0.2, 0) is 0 Å². The van der Waals surface area contributed by atoms with Crippen LogP contribution in [0.25, 0.3) is 0 Å². The van der Waals surface area contributed by atoms with Crippen molar-refractivity contribution in [2.45, 2.75) is 31.7 Å². The number of rotatable bonds is 5. The lowest BCUT2D eigenvalue weighted by atomic mass is 10.1. The summed E-state index contributed by atoms with van der Waals surface area (Å²) >= 11 is 3.48. The van der Waals surface area contributed by atoms with E-state index in [9.17, 15) is 0 Å². The largest absolute Gasteiger partial charge is 0.396 e. The molecule has 4 nitrogen and oxygen atoms in total. The molecule has 1 saturated heterocycles. The zero-order chi connectivity index (χ0) is 13.8. The minimum Gasteiger partial charge on any atom is -0.396 e. The number of nitrogens with one attached hydrogen (secondary N) is 1. The molecule has 0 saturated carbocycles. The van der Waals surface area contributed by atoms with Crippen molar-refractivity contribution in [2.24, 2.45) is 5.73 Å². The lowest BCUT2D eigenvalue weighted by Crippen LogP contribution is -2.29. The Kier molecular flexibility index (Phi) is 4.82. The second-order valence-electron chi connectivity index (χ2n) is 4.93. The lowest BCUT2D eigenvalue weighted by molar-refractivity contribution is 0.279. The molecule has 4 N–H and O–H groups in total. The Hall–Kier alpha value is -1.07. The van der Waals surface area contributed by atoms with Gasteiger partial charge in [-0.1, -0.05) is 0 Å². The highest BCUT2D eigenvalue weighted by Gasteiger charge is 2.24. The Morgan fingerprint density at radius 1 is 1.53 bits per heavy atom. The van der Waals surface area contributed by atoms with Crippen molar-refractivity contribution >= 4 is 27.5 Å². The summed E-state index contributed by atoms with van der Waals surface area (Å²) in [4.78, 5) is 2.39. The summed E-state index contributed by atoms with van der Waals surface area (Å²) in [7, 11) is 0. The number of nitrogens with zero attached hydrogens (tertiary/aromatic N) is 1. The fraction of sp³-hybridized carbons (Fsp3) is 0.500. The van der Waals surface area contributed by atoms with Gasteiger partial charge in [0.1, 0.15) is 5.84 Å². The van der Waals surface area contributed by atoms with Gasteiger partial charge in [-0.2, -0.15) is 0 Å². The highest BCUT2D eigenvalue weighted by molar-refractivity contribution is 9.10. The van der Waals surface area contributed by atoms with Gasteiger partial charge in [0.05, 0.1) is 0 Å². The molecule has 0 amide bonds. The van der Waals surface area contributed by atoms with Gasteiger partial charge >= 0.3 is 0 Å². The predicted molar refractivity (Wildman–Crippen MR) is 81.8 cm³/mol. The standard InChI is InChI=1S/C14H20BrN3O/c15-13-9-11(5-6-12(13)14(16)17)18-7-1-3-10(18)4-2-8-19/h5-6,9-10,19H,1-4,7-8H2,(H3,16,17). The van der Waals surface area contributed by atoms with Crippen LogP contribution in [0.5, 0.6) is 0 Å². The molecule has 1 aromatic rings. The van der Waals surface area contributed by atoms with E-state index in [1.54, 1.807) is 0 Å². The summed E-state index contributed by atoms with van der Waals surface area (Å²) in [6.07, 6.45) is 4.27. The fourth-order valence-electron chi connectivity index (χ4n) is 2.70. The second-order valence-corrected chi connectivity index (χ2v) is 5.79. The normalized spacial score (nSPS) is 18.8. The van der Waals surface area contributed by atoms with Crippen LogP contribution in [0, 0.1) is 5.41 Å². The number of nitrogen functional groups attached to an aromatic ring is 1. The maximum Gasteiger partial charge on any atom is 0.123 e. The molecule has 0 bridgehead atoms. The van der Waals surface area contributed by atoms with Gasteiger partial charge in [0.15, 0.2) is 0 Å². The van der Waals surface area contributed by atoms with Crippen LogP contribution in [0.15, 0.2) is 22.7 Å². The van der Waals surface area contributed by atoms with Crippen molar-refractivity contribution in [3.05, 3.63) is 28.2 Å². The molecule has 1 unspecified atom stereocenters. The molecule has 5 heteroatoms. The molecule has 1 aliphatic heterocycles. The molecule has 104 valence electrons. The summed E-state index contributed by atoms with van der Waals surface area (Å²) in [6.45, 7) is 1.32. The molecule has 1 fully saturated rings. The Morgan fingerprint density at radius 3 is 2.95 bits per heavy atom. The first-order valence-electron chi connectivity index (χ1n) is 6.65. The summed E-state index contributed by atoms with van der Waals surface area (Å²) in [5.74, 6) is 0.0803. The molecule has 0 radical (unpaired) electrons. The average Bonchev–Trinajstić information content (AvgIpc) is 2.83. The molecule has 1 aromatic carbocycles. The van der Waals surface area contributed by atoms with E-state index in [0.29, 0.717) is 6.04 Å². The fourth-order valence-corrected chi connectivity index (χ4v) is 3.28. The number of hydrogen-bond acceptors (Lipinski definition) is 3. The smallest absolute Gasteiger partial charge is 0.123 e.